The lowest BCUT2D eigenvalue weighted by Gasteiger charge is -2.59. The van der Waals surface area contributed by atoms with Crippen LogP contribution < -0.4 is 5.32 Å². The van der Waals surface area contributed by atoms with Crippen LogP contribution in [-0.4, -0.2) is 67.4 Å². The summed E-state index contributed by atoms with van der Waals surface area (Å²) in [6.07, 6.45) is -3.63. The van der Waals surface area contributed by atoms with Gasteiger partial charge in [-0.15, -0.1) is 0 Å². The maximum atomic E-state index is 13.5. The van der Waals surface area contributed by atoms with E-state index in [2.05, 4.69) is 11.9 Å². The molecular weight excluding hydrogens is 630 g/mol. The summed E-state index contributed by atoms with van der Waals surface area (Å²) in [7, 11) is 1.77. The van der Waals surface area contributed by atoms with Gasteiger partial charge in [0, 0.05) is 40.2 Å². The minimum absolute atomic E-state index is 0.0439. The molecule has 11 heteroatoms. The van der Waals surface area contributed by atoms with E-state index in [1.807, 2.05) is 58.0 Å². The second-order valence-electron chi connectivity index (χ2n) is 14.4. The zero-order valence-corrected chi connectivity index (χ0v) is 30.1. The molecule has 0 spiro atoms. The number of carbonyl (C=O) groups is 5. The molecule has 268 valence electrons. The van der Waals surface area contributed by atoms with E-state index in [1.54, 1.807) is 7.05 Å². The van der Waals surface area contributed by atoms with Gasteiger partial charge in [0.25, 0.3) is 0 Å². The Morgan fingerprint density at radius 2 is 1.41 bits per heavy atom. The van der Waals surface area contributed by atoms with Crippen LogP contribution in [0.5, 0.6) is 0 Å². The van der Waals surface area contributed by atoms with Crippen molar-refractivity contribution in [1.29, 1.82) is 0 Å². The molecule has 2 saturated carbocycles. The first-order valence-electron chi connectivity index (χ1n) is 16.9. The fraction of sp³-hybridized carbons (Fsp3) is 0.605. The lowest BCUT2D eigenvalue weighted by molar-refractivity contribution is -0.212. The number of hydrogen-bond donors (Lipinski definition) is 1. The first-order valence-corrected chi connectivity index (χ1v) is 16.9. The zero-order chi connectivity index (χ0) is 36.4. The standard InChI is InChI=1S/C38H51NO10/c1-20-28-16-27-17-30(45-22(3)40)21(2)34(37(27,7)8)35(47-24(5)42)36(48-25(6)43)38(28,9)32(46-23(4)41)19-31(20)49-33(44)18-29(39-10)26-14-12-11-13-15-26/h11-15,27-32,35-36,39H,1,16-19H2,2-10H3/t27-,28-,29?,30?,31?,32?,35?,36?,38+/m1/s1. The molecule has 0 heterocycles. The number of ether oxygens (including phenoxy) is 5. The molecule has 2 fully saturated rings. The van der Waals surface area contributed by atoms with Crippen LogP contribution in [0.1, 0.15) is 92.7 Å². The third kappa shape index (κ3) is 7.77. The summed E-state index contributed by atoms with van der Waals surface area (Å²) in [5.74, 6) is -3.43. The van der Waals surface area contributed by atoms with Crippen LogP contribution in [0.2, 0.25) is 0 Å². The summed E-state index contributed by atoms with van der Waals surface area (Å²) in [5, 5.41) is 3.17. The van der Waals surface area contributed by atoms with Crippen LogP contribution in [0.3, 0.4) is 0 Å². The molecule has 0 amide bonds. The Bertz CT molecular complexity index is 1500. The van der Waals surface area contributed by atoms with Crippen molar-refractivity contribution < 1.29 is 47.7 Å². The van der Waals surface area contributed by atoms with Gasteiger partial charge >= 0.3 is 29.8 Å². The van der Waals surface area contributed by atoms with Gasteiger partial charge in [-0.1, -0.05) is 57.7 Å². The lowest BCUT2D eigenvalue weighted by Crippen LogP contribution is -2.64. The average Bonchev–Trinajstić information content (AvgIpc) is 3.00. The summed E-state index contributed by atoms with van der Waals surface area (Å²) >= 11 is 0. The van der Waals surface area contributed by atoms with E-state index >= 15 is 0 Å². The van der Waals surface area contributed by atoms with Crippen molar-refractivity contribution in [2.24, 2.45) is 22.7 Å². The summed E-state index contributed by atoms with van der Waals surface area (Å²) < 4.78 is 30.2. The van der Waals surface area contributed by atoms with Gasteiger partial charge in [-0.3, -0.25) is 24.0 Å². The largest absolute Gasteiger partial charge is 0.462 e. The molecular formula is C38H51NO10. The third-order valence-electron chi connectivity index (χ3n) is 10.9. The average molecular weight is 682 g/mol. The second-order valence-corrected chi connectivity index (χ2v) is 14.4. The van der Waals surface area contributed by atoms with Gasteiger partial charge in [0.2, 0.25) is 0 Å². The summed E-state index contributed by atoms with van der Waals surface area (Å²) in [5.41, 5.74) is 1.10. The molecule has 1 aromatic rings. The van der Waals surface area contributed by atoms with Gasteiger partial charge in [0.1, 0.15) is 18.3 Å². The quantitative estimate of drug-likeness (QED) is 0.205. The van der Waals surface area contributed by atoms with E-state index in [9.17, 15) is 24.0 Å². The molecule has 0 aliphatic heterocycles. The summed E-state index contributed by atoms with van der Waals surface area (Å²) in [6.45, 7) is 17.5. The SMILES string of the molecule is C=C1C(OC(=O)CC(NC)c2ccccc2)CC(OC(C)=O)[C@@]2(C)C(OC(C)=O)C(OC(C)=O)C3=C(C)C(OC(C)=O)C[C@@H](C[C@H]12)C3(C)C. The number of esters is 5. The number of fused-ring (bicyclic) bond motifs is 3. The first-order chi connectivity index (χ1) is 22.9. The number of carbonyl (C=O) groups excluding carboxylic acids is 5. The van der Waals surface area contributed by atoms with E-state index in [0.29, 0.717) is 29.6 Å². The Hall–Kier alpha value is -3.99. The third-order valence-corrected chi connectivity index (χ3v) is 10.9. The van der Waals surface area contributed by atoms with Crippen LogP contribution in [0.4, 0.5) is 0 Å². The Balaban J connectivity index is 1.86. The molecule has 4 rings (SSSR count). The Kier molecular flexibility index (Phi) is 11.5. The first kappa shape index (κ1) is 37.8. The molecule has 6 unspecified atom stereocenters. The summed E-state index contributed by atoms with van der Waals surface area (Å²) in [6, 6.07) is 9.26. The highest BCUT2D eigenvalue weighted by Gasteiger charge is 2.64. The van der Waals surface area contributed by atoms with E-state index in [1.165, 1.54) is 27.7 Å². The topological polar surface area (TPSA) is 144 Å². The maximum Gasteiger partial charge on any atom is 0.308 e. The molecule has 0 aromatic heterocycles. The molecule has 9 atom stereocenters. The molecule has 0 saturated heterocycles. The molecule has 2 bridgehead atoms. The second kappa shape index (κ2) is 14.9. The van der Waals surface area contributed by atoms with Crippen molar-refractivity contribution >= 4 is 29.8 Å². The van der Waals surface area contributed by atoms with E-state index < -0.39 is 77.1 Å². The van der Waals surface area contributed by atoms with Gasteiger partial charge in [0.05, 0.1) is 11.8 Å². The predicted molar refractivity (Wildman–Crippen MR) is 180 cm³/mol. The van der Waals surface area contributed by atoms with Gasteiger partial charge in [-0.05, 0) is 66.3 Å². The fourth-order valence-electron chi connectivity index (χ4n) is 8.56. The molecule has 0 radical (unpaired) electrons. The van der Waals surface area contributed by atoms with Crippen LogP contribution >= 0.6 is 0 Å². The van der Waals surface area contributed by atoms with Gasteiger partial charge in [0.15, 0.2) is 12.2 Å². The Morgan fingerprint density at radius 3 is 1.96 bits per heavy atom. The number of nitrogens with one attached hydrogen (secondary N) is 1. The number of rotatable bonds is 9. The van der Waals surface area contributed by atoms with Crippen molar-refractivity contribution in [3.05, 3.63) is 59.2 Å². The molecule has 49 heavy (non-hydrogen) atoms. The minimum Gasteiger partial charge on any atom is -0.462 e. The highest BCUT2D eigenvalue weighted by Crippen LogP contribution is 2.61. The molecule has 1 N–H and O–H groups in total. The van der Waals surface area contributed by atoms with Gasteiger partial charge in [-0.25, -0.2) is 0 Å². The monoisotopic (exact) mass is 681 g/mol. The Morgan fingerprint density at radius 1 is 0.816 bits per heavy atom. The molecule has 11 nitrogen and oxygen atoms in total. The van der Waals surface area contributed by atoms with E-state index in [4.69, 9.17) is 23.7 Å². The summed E-state index contributed by atoms with van der Waals surface area (Å²) in [4.78, 5) is 64.2. The maximum absolute atomic E-state index is 13.5. The fourth-order valence-corrected chi connectivity index (χ4v) is 8.56. The normalized spacial score (nSPS) is 31.2. The van der Waals surface area contributed by atoms with Gasteiger partial charge < -0.3 is 29.0 Å². The van der Waals surface area contributed by atoms with Crippen molar-refractivity contribution in [2.75, 3.05) is 7.05 Å². The van der Waals surface area contributed by atoms with E-state index in [-0.39, 0.29) is 24.8 Å². The zero-order valence-electron chi connectivity index (χ0n) is 30.1. The highest BCUT2D eigenvalue weighted by atomic mass is 16.6. The van der Waals surface area contributed by atoms with Crippen molar-refractivity contribution in [2.45, 2.75) is 118 Å². The van der Waals surface area contributed by atoms with Crippen LogP contribution in [0.25, 0.3) is 0 Å². The van der Waals surface area contributed by atoms with Crippen LogP contribution in [-0.2, 0) is 47.7 Å². The smallest absolute Gasteiger partial charge is 0.308 e. The van der Waals surface area contributed by atoms with Crippen molar-refractivity contribution in [3.63, 3.8) is 0 Å². The van der Waals surface area contributed by atoms with Gasteiger partial charge in [-0.2, -0.15) is 0 Å². The predicted octanol–water partition coefficient (Wildman–Crippen LogP) is 5.32. The van der Waals surface area contributed by atoms with Crippen LogP contribution in [0, 0.1) is 22.7 Å². The highest BCUT2D eigenvalue weighted by molar-refractivity contribution is 5.71. The molecule has 3 aliphatic rings. The molecule has 1 aromatic carbocycles. The number of hydrogen-bond acceptors (Lipinski definition) is 11. The van der Waals surface area contributed by atoms with E-state index in [0.717, 1.165) is 5.56 Å². The number of benzene rings is 1. The molecule has 3 aliphatic carbocycles. The minimum atomic E-state index is -1.18. The lowest BCUT2D eigenvalue weighted by atomic mass is 9.49. The Labute approximate surface area is 289 Å². The van der Waals surface area contributed by atoms with Crippen molar-refractivity contribution in [1.82, 2.24) is 5.32 Å². The van der Waals surface area contributed by atoms with Crippen LogP contribution in [0.15, 0.2) is 53.6 Å². The van der Waals surface area contributed by atoms with Crippen molar-refractivity contribution in [3.8, 4) is 0 Å².